The van der Waals surface area contributed by atoms with Gasteiger partial charge in [-0.25, -0.2) is 0 Å². The van der Waals surface area contributed by atoms with E-state index in [0.29, 0.717) is 23.5 Å². The Hall–Kier alpha value is -0.0800. The van der Waals surface area contributed by atoms with Gasteiger partial charge in [0.1, 0.15) is 0 Å². The van der Waals surface area contributed by atoms with Gasteiger partial charge >= 0.3 is 0 Å². The quantitative estimate of drug-likeness (QED) is 0.798. The van der Waals surface area contributed by atoms with Crippen LogP contribution in [0.1, 0.15) is 59.8 Å². The number of likely N-dealkylation sites (N-methyl/N-ethyl adjacent to an activating group) is 1. The molecule has 0 aromatic heterocycles. The van der Waals surface area contributed by atoms with Crippen LogP contribution in [0.3, 0.4) is 0 Å². The van der Waals surface area contributed by atoms with E-state index in [1.807, 2.05) is 0 Å². The predicted molar refractivity (Wildman–Crippen MR) is 71.5 cm³/mol. The number of rotatable bonds is 4. The van der Waals surface area contributed by atoms with E-state index in [0.717, 1.165) is 0 Å². The molecule has 0 aromatic rings. The second kappa shape index (κ2) is 5.50. The third kappa shape index (κ3) is 3.46. The maximum atomic E-state index is 6.29. The van der Waals surface area contributed by atoms with E-state index in [-0.39, 0.29) is 0 Å². The van der Waals surface area contributed by atoms with E-state index < -0.39 is 0 Å². The van der Waals surface area contributed by atoms with Crippen LogP contribution in [0.4, 0.5) is 0 Å². The fourth-order valence-corrected chi connectivity index (χ4v) is 2.96. The Morgan fingerprint density at radius 2 is 2.06 bits per heavy atom. The normalized spacial score (nSPS) is 31.7. The van der Waals surface area contributed by atoms with Crippen LogP contribution in [0.2, 0.25) is 0 Å². The van der Waals surface area contributed by atoms with E-state index in [1.165, 1.54) is 32.1 Å². The van der Waals surface area contributed by atoms with Crippen LogP contribution in [0.5, 0.6) is 0 Å². The van der Waals surface area contributed by atoms with Crippen molar-refractivity contribution in [2.45, 2.75) is 77.9 Å². The zero-order valence-electron chi connectivity index (χ0n) is 11.8. The highest BCUT2D eigenvalue weighted by Gasteiger charge is 2.36. The molecule has 2 nitrogen and oxygen atoms in total. The molecule has 0 amide bonds. The van der Waals surface area contributed by atoms with E-state index in [9.17, 15) is 0 Å². The van der Waals surface area contributed by atoms with Gasteiger partial charge in [0.05, 0.1) is 0 Å². The molecule has 3 unspecified atom stereocenters. The van der Waals surface area contributed by atoms with Crippen LogP contribution in [0, 0.1) is 5.41 Å². The summed E-state index contributed by atoms with van der Waals surface area (Å²) in [5.41, 5.74) is 6.77. The van der Waals surface area contributed by atoms with Crippen molar-refractivity contribution in [1.82, 2.24) is 4.90 Å². The van der Waals surface area contributed by atoms with E-state index in [2.05, 4.69) is 39.6 Å². The predicted octanol–water partition coefficient (Wildman–Crippen LogP) is 3.01. The van der Waals surface area contributed by atoms with E-state index in [1.54, 1.807) is 0 Å². The monoisotopic (exact) mass is 226 g/mol. The Morgan fingerprint density at radius 1 is 1.44 bits per heavy atom. The first-order chi connectivity index (χ1) is 7.37. The molecule has 0 bridgehead atoms. The second-order valence-electron chi connectivity index (χ2n) is 6.44. The largest absolute Gasteiger partial charge is 0.326 e. The van der Waals surface area contributed by atoms with Gasteiger partial charge in [-0.2, -0.15) is 0 Å². The molecule has 2 heteroatoms. The third-order valence-corrected chi connectivity index (χ3v) is 4.34. The van der Waals surface area contributed by atoms with Crippen LogP contribution < -0.4 is 5.73 Å². The lowest BCUT2D eigenvalue weighted by atomic mass is 9.72. The zero-order valence-corrected chi connectivity index (χ0v) is 11.8. The van der Waals surface area contributed by atoms with Crippen molar-refractivity contribution < 1.29 is 0 Å². The summed E-state index contributed by atoms with van der Waals surface area (Å²) in [5, 5.41) is 0. The Morgan fingerprint density at radius 3 is 2.62 bits per heavy atom. The lowest BCUT2D eigenvalue weighted by molar-refractivity contribution is 0.0691. The summed E-state index contributed by atoms with van der Waals surface area (Å²) < 4.78 is 0. The minimum absolute atomic E-state index is 0.373. The van der Waals surface area contributed by atoms with Crippen molar-refractivity contribution in [3.8, 4) is 0 Å². The van der Waals surface area contributed by atoms with E-state index >= 15 is 0 Å². The molecule has 3 atom stereocenters. The van der Waals surface area contributed by atoms with E-state index in [4.69, 9.17) is 5.73 Å². The summed E-state index contributed by atoms with van der Waals surface area (Å²) in [6.07, 6.45) is 6.25. The molecule has 0 spiro atoms. The van der Waals surface area contributed by atoms with Crippen molar-refractivity contribution in [3.05, 3.63) is 0 Å². The van der Waals surface area contributed by atoms with Crippen molar-refractivity contribution in [2.24, 2.45) is 11.1 Å². The first-order valence-electron chi connectivity index (χ1n) is 6.85. The highest BCUT2D eigenvalue weighted by atomic mass is 15.2. The van der Waals surface area contributed by atoms with Gasteiger partial charge < -0.3 is 5.73 Å². The molecule has 1 fully saturated rings. The number of nitrogens with zero attached hydrogens (tertiary/aromatic N) is 1. The molecule has 0 heterocycles. The van der Waals surface area contributed by atoms with Crippen molar-refractivity contribution in [1.29, 1.82) is 0 Å². The van der Waals surface area contributed by atoms with Crippen LogP contribution in [-0.2, 0) is 0 Å². The van der Waals surface area contributed by atoms with Crippen LogP contribution in [-0.4, -0.2) is 30.1 Å². The molecular formula is C14H30N2. The maximum Gasteiger partial charge on any atom is 0.0252 e. The SMILES string of the molecule is CCCC(C)N(C)C1CC(C)(C)CCC1N. The highest BCUT2D eigenvalue weighted by Crippen LogP contribution is 2.37. The summed E-state index contributed by atoms with van der Waals surface area (Å²) in [6.45, 7) is 9.35. The number of hydrogen-bond donors (Lipinski definition) is 1. The fourth-order valence-electron chi connectivity index (χ4n) is 2.96. The zero-order chi connectivity index (χ0) is 12.3. The molecule has 16 heavy (non-hydrogen) atoms. The Labute approximate surface area is 102 Å². The molecule has 2 N–H and O–H groups in total. The lowest BCUT2D eigenvalue weighted by Crippen LogP contribution is -2.53. The molecule has 96 valence electrons. The third-order valence-electron chi connectivity index (χ3n) is 4.34. The van der Waals surface area contributed by atoms with Gasteiger partial charge in [-0.15, -0.1) is 0 Å². The molecule has 1 aliphatic carbocycles. The Bertz CT molecular complexity index is 213. The molecule has 0 radical (unpaired) electrons. The minimum atomic E-state index is 0.373. The van der Waals surface area contributed by atoms with Crippen LogP contribution >= 0.6 is 0 Å². The second-order valence-corrected chi connectivity index (χ2v) is 6.44. The summed E-state index contributed by atoms with van der Waals surface area (Å²) in [6, 6.07) is 1.61. The summed E-state index contributed by atoms with van der Waals surface area (Å²) in [5.74, 6) is 0. The number of hydrogen-bond acceptors (Lipinski definition) is 2. The molecular weight excluding hydrogens is 196 g/mol. The van der Waals surface area contributed by atoms with Crippen molar-refractivity contribution >= 4 is 0 Å². The van der Waals surface area contributed by atoms with Crippen LogP contribution in [0.25, 0.3) is 0 Å². The number of nitrogens with two attached hydrogens (primary N) is 1. The topological polar surface area (TPSA) is 29.3 Å². The van der Waals surface area contributed by atoms with Gasteiger partial charge in [-0.05, 0) is 45.1 Å². The van der Waals surface area contributed by atoms with Crippen molar-refractivity contribution in [2.75, 3.05) is 7.05 Å². The summed E-state index contributed by atoms with van der Waals surface area (Å²) in [4.78, 5) is 2.52. The molecule has 0 saturated heterocycles. The molecule has 0 aromatic carbocycles. The van der Waals surface area contributed by atoms with Gasteiger partial charge in [0.2, 0.25) is 0 Å². The highest BCUT2D eigenvalue weighted by molar-refractivity contribution is 4.93. The minimum Gasteiger partial charge on any atom is -0.326 e. The average molecular weight is 226 g/mol. The van der Waals surface area contributed by atoms with Gasteiger partial charge in [0.25, 0.3) is 0 Å². The smallest absolute Gasteiger partial charge is 0.0252 e. The van der Waals surface area contributed by atoms with Gasteiger partial charge in [0.15, 0.2) is 0 Å². The molecule has 1 saturated carbocycles. The molecule has 1 rings (SSSR count). The summed E-state index contributed by atoms with van der Waals surface area (Å²) in [7, 11) is 2.26. The molecule has 1 aliphatic rings. The summed E-state index contributed by atoms with van der Waals surface area (Å²) >= 11 is 0. The van der Waals surface area contributed by atoms with Crippen molar-refractivity contribution in [3.63, 3.8) is 0 Å². The maximum absolute atomic E-state index is 6.29. The van der Waals surface area contributed by atoms with Gasteiger partial charge in [-0.1, -0.05) is 27.2 Å². The molecule has 0 aliphatic heterocycles. The van der Waals surface area contributed by atoms with Gasteiger partial charge in [-0.3, -0.25) is 4.90 Å². The lowest BCUT2D eigenvalue weighted by Gasteiger charge is -2.45. The standard InChI is InChI=1S/C14H30N2/c1-6-7-11(2)16(5)13-10-14(3,4)9-8-12(13)15/h11-13H,6-10,15H2,1-5H3. The Kier molecular flexibility index (Phi) is 4.81. The first-order valence-corrected chi connectivity index (χ1v) is 6.85. The first kappa shape index (κ1) is 14.0. The Balaban J connectivity index is 2.61. The fraction of sp³-hybridized carbons (Fsp3) is 1.00. The average Bonchev–Trinajstić information content (AvgIpc) is 2.21. The van der Waals surface area contributed by atoms with Gasteiger partial charge in [0, 0.05) is 18.1 Å². The van der Waals surface area contributed by atoms with Crippen LogP contribution in [0.15, 0.2) is 0 Å².